The molecule has 0 aliphatic rings. The lowest BCUT2D eigenvalue weighted by Crippen LogP contribution is -2.18. The van der Waals surface area contributed by atoms with Gasteiger partial charge in [0.15, 0.2) is 0 Å². The molecule has 0 spiro atoms. The lowest BCUT2D eigenvalue weighted by molar-refractivity contribution is 0.669. The van der Waals surface area contributed by atoms with E-state index in [1.165, 1.54) is 0 Å². The second-order valence-electron chi connectivity index (χ2n) is 3.94. The Kier molecular flexibility index (Phi) is 3.78. The summed E-state index contributed by atoms with van der Waals surface area (Å²) in [7, 11) is 1.84. The van der Waals surface area contributed by atoms with Gasteiger partial charge in [-0.25, -0.2) is 4.98 Å². The third-order valence-corrected chi connectivity index (χ3v) is 3.68. The van der Waals surface area contributed by atoms with Gasteiger partial charge < -0.3 is 10.6 Å². The summed E-state index contributed by atoms with van der Waals surface area (Å²) in [6.07, 6.45) is 2.20. The van der Waals surface area contributed by atoms with Crippen molar-refractivity contribution in [1.82, 2.24) is 9.97 Å². The molecule has 0 amide bonds. The Balaban J connectivity index is 2.39. The number of rotatable bonds is 5. The first-order chi connectivity index (χ1) is 8.28. The maximum atomic E-state index is 4.50. The standard InChI is InChI=1S/C12H18N4S/c1-4-8(5-2)14-10-9-6-7-17-11(9)16-12(13-3)15-10/h6-8H,4-5H2,1-3H3,(H2,13,14,15,16). The molecule has 4 nitrogen and oxygen atoms in total. The lowest BCUT2D eigenvalue weighted by Gasteiger charge is -2.16. The Morgan fingerprint density at radius 2 is 2.06 bits per heavy atom. The van der Waals surface area contributed by atoms with E-state index in [4.69, 9.17) is 0 Å². The Morgan fingerprint density at radius 1 is 1.29 bits per heavy atom. The molecule has 5 heteroatoms. The predicted octanol–water partition coefficient (Wildman–Crippen LogP) is 3.33. The van der Waals surface area contributed by atoms with Crippen molar-refractivity contribution in [3.8, 4) is 0 Å². The average Bonchev–Trinajstić information content (AvgIpc) is 2.83. The molecule has 0 aromatic carbocycles. The second kappa shape index (κ2) is 5.31. The predicted molar refractivity (Wildman–Crippen MR) is 75.0 cm³/mol. The van der Waals surface area contributed by atoms with Crippen LogP contribution in [0, 0.1) is 0 Å². The van der Waals surface area contributed by atoms with Gasteiger partial charge in [-0.3, -0.25) is 0 Å². The molecule has 0 radical (unpaired) electrons. The van der Waals surface area contributed by atoms with Gasteiger partial charge >= 0.3 is 0 Å². The molecule has 2 aromatic rings. The number of hydrogen-bond donors (Lipinski definition) is 2. The van der Waals surface area contributed by atoms with Gasteiger partial charge in [0.25, 0.3) is 0 Å². The summed E-state index contributed by atoms with van der Waals surface area (Å²) in [4.78, 5) is 9.96. The van der Waals surface area contributed by atoms with Crippen LogP contribution in [0.2, 0.25) is 0 Å². The summed E-state index contributed by atoms with van der Waals surface area (Å²) >= 11 is 1.64. The zero-order chi connectivity index (χ0) is 12.3. The van der Waals surface area contributed by atoms with Crippen molar-refractivity contribution < 1.29 is 0 Å². The molecule has 0 saturated carbocycles. The van der Waals surface area contributed by atoms with Crippen molar-refractivity contribution in [3.63, 3.8) is 0 Å². The Labute approximate surface area is 105 Å². The molecule has 2 aromatic heterocycles. The van der Waals surface area contributed by atoms with Crippen molar-refractivity contribution in [3.05, 3.63) is 11.4 Å². The van der Waals surface area contributed by atoms with Crippen molar-refractivity contribution in [2.75, 3.05) is 17.7 Å². The highest BCUT2D eigenvalue weighted by Gasteiger charge is 2.11. The fourth-order valence-electron chi connectivity index (χ4n) is 1.76. The first-order valence-electron chi connectivity index (χ1n) is 5.98. The van der Waals surface area contributed by atoms with Crippen LogP contribution in [0.15, 0.2) is 11.4 Å². The Morgan fingerprint density at radius 3 is 2.71 bits per heavy atom. The van der Waals surface area contributed by atoms with Gasteiger partial charge in [0.05, 0.1) is 5.39 Å². The number of aromatic nitrogens is 2. The third kappa shape index (κ3) is 2.49. The topological polar surface area (TPSA) is 49.8 Å². The molecule has 2 N–H and O–H groups in total. The average molecular weight is 250 g/mol. The SMILES string of the molecule is CCC(CC)Nc1nc(NC)nc2sccc12. The minimum atomic E-state index is 0.470. The number of fused-ring (bicyclic) bond motifs is 1. The van der Waals surface area contributed by atoms with Gasteiger partial charge in [-0.15, -0.1) is 11.3 Å². The summed E-state index contributed by atoms with van der Waals surface area (Å²) in [6.45, 7) is 4.37. The van der Waals surface area contributed by atoms with Crippen molar-refractivity contribution in [2.45, 2.75) is 32.7 Å². The van der Waals surface area contributed by atoms with Gasteiger partial charge in [0.2, 0.25) is 5.95 Å². The van der Waals surface area contributed by atoms with Gasteiger partial charge in [-0.1, -0.05) is 13.8 Å². The first-order valence-corrected chi connectivity index (χ1v) is 6.86. The second-order valence-corrected chi connectivity index (χ2v) is 4.84. The fourth-order valence-corrected chi connectivity index (χ4v) is 2.53. The first kappa shape index (κ1) is 12.1. The maximum Gasteiger partial charge on any atom is 0.225 e. The van der Waals surface area contributed by atoms with E-state index in [1.54, 1.807) is 11.3 Å². The minimum Gasteiger partial charge on any atom is -0.367 e. The molecule has 2 heterocycles. The van der Waals surface area contributed by atoms with Gasteiger partial charge in [0, 0.05) is 13.1 Å². The molecule has 0 atom stereocenters. The van der Waals surface area contributed by atoms with Crippen LogP contribution in [0.1, 0.15) is 26.7 Å². The maximum absolute atomic E-state index is 4.50. The van der Waals surface area contributed by atoms with Crippen LogP contribution in [-0.2, 0) is 0 Å². The van der Waals surface area contributed by atoms with E-state index in [-0.39, 0.29) is 0 Å². The highest BCUT2D eigenvalue weighted by molar-refractivity contribution is 7.16. The number of anilines is 2. The molecule has 0 aliphatic heterocycles. The molecular formula is C12H18N4S. The van der Waals surface area contributed by atoms with Crippen LogP contribution >= 0.6 is 11.3 Å². The minimum absolute atomic E-state index is 0.470. The highest BCUT2D eigenvalue weighted by Crippen LogP contribution is 2.27. The highest BCUT2D eigenvalue weighted by atomic mass is 32.1. The van der Waals surface area contributed by atoms with Gasteiger partial charge in [0.1, 0.15) is 10.6 Å². The molecule has 0 saturated heterocycles. The van der Waals surface area contributed by atoms with Crippen molar-refractivity contribution in [1.29, 1.82) is 0 Å². The molecule has 0 unspecified atom stereocenters. The Hall–Kier alpha value is -1.36. The van der Waals surface area contributed by atoms with E-state index in [0.717, 1.165) is 28.9 Å². The molecule has 2 rings (SSSR count). The summed E-state index contributed by atoms with van der Waals surface area (Å²) in [5.74, 6) is 1.61. The van der Waals surface area contributed by atoms with E-state index in [2.05, 4.69) is 45.9 Å². The van der Waals surface area contributed by atoms with Crippen LogP contribution in [0.5, 0.6) is 0 Å². The smallest absolute Gasteiger partial charge is 0.225 e. The number of nitrogens with zero attached hydrogens (tertiary/aromatic N) is 2. The lowest BCUT2D eigenvalue weighted by atomic mass is 10.2. The van der Waals surface area contributed by atoms with Crippen LogP contribution in [0.4, 0.5) is 11.8 Å². The summed E-state index contributed by atoms with van der Waals surface area (Å²) in [5, 5.41) is 9.67. The number of nitrogens with one attached hydrogen (secondary N) is 2. The molecule has 0 aliphatic carbocycles. The molecule has 92 valence electrons. The normalized spacial score (nSPS) is 11.1. The van der Waals surface area contributed by atoms with Crippen molar-refractivity contribution in [2.24, 2.45) is 0 Å². The van der Waals surface area contributed by atoms with Gasteiger partial charge in [-0.2, -0.15) is 4.98 Å². The summed E-state index contributed by atoms with van der Waals surface area (Å²) < 4.78 is 0. The molecule has 0 bridgehead atoms. The monoisotopic (exact) mass is 250 g/mol. The van der Waals surface area contributed by atoms with Crippen LogP contribution in [0.25, 0.3) is 10.2 Å². The molecule has 17 heavy (non-hydrogen) atoms. The third-order valence-electron chi connectivity index (χ3n) is 2.88. The van der Waals surface area contributed by atoms with Gasteiger partial charge in [-0.05, 0) is 24.3 Å². The summed E-state index contributed by atoms with van der Waals surface area (Å²) in [5.41, 5.74) is 0. The largest absolute Gasteiger partial charge is 0.367 e. The fraction of sp³-hybridized carbons (Fsp3) is 0.500. The summed E-state index contributed by atoms with van der Waals surface area (Å²) in [6, 6.07) is 2.54. The van der Waals surface area contributed by atoms with E-state index in [9.17, 15) is 0 Å². The van der Waals surface area contributed by atoms with Crippen LogP contribution < -0.4 is 10.6 Å². The Bertz CT molecular complexity index is 490. The van der Waals surface area contributed by atoms with E-state index in [1.807, 2.05) is 7.05 Å². The van der Waals surface area contributed by atoms with E-state index >= 15 is 0 Å². The zero-order valence-electron chi connectivity index (χ0n) is 10.4. The molecular weight excluding hydrogens is 232 g/mol. The van der Waals surface area contributed by atoms with E-state index < -0.39 is 0 Å². The van der Waals surface area contributed by atoms with Crippen LogP contribution in [0.3, 0.4) is 0 Å². The molecule has 0 fully saturated rings. The van der Waals surface area contributed by atoms with Crippen LogP contribution in [-0.4, -0.2) is 23.1 Å². The van der Waals surface area contributed by atoms with Crippen molar-refractivity contribution >= 4 is 33.3 Å². The van der Waals surface area contributed by atoms with E-state index in [0.29, 0.717) is 12.0 Å². The number of hydrogen-bond acceptors (Lipinski definition) is 5. The zero-order valence-corrected chi connectivity index (χ0v) is 11.3. The number of thiophene rings is 1. The quantitative estimate of drug-likeness (QED) is 0.854.